The first-order valence-corrected chi connectivity index (χ1v) is 8.92. The molecule has 3 rings (SSSR count). The van der Waals surface area contributed by atoms with Crippen molar-refractivity contribution in [1.29, 1.82) is 0 Å². The van der Waals surface area contributed by atoms with Crippen LogP contribution in [0.2, 0.25) is 0 Å². The smallest absolute Gasteiger partial charge is 0.317 e. The van der Waals surface area contributed by atoms with Crippen LogP contribution in [-0.4, -0.2) is 30.6 Å². The van der Waals surface area contributed by atoms with Crippen LogP contribution in [0.1, 0.15) is 37.7 Å². The minimum absolute atomic E-state index is 0.0856. The maximum atomic E-state index is 12.2. The van der Waals surface area contributed by atoms with Crippen molar-refractivity contribution >= 4 is 6.03 Å². The Hall–Kier alpha value is -2.29. The maximum absolute atomic E-state index is 12.2. The summed E-state index contributed by atoms with van der Waals surface area (Å²) in [6.07, 6.45) is 3.50. The number of nitrogens with one attached hydrogen (secondary N) is 1. The van der Waals surface area contributed by atoms with Crippen LogP contribution in [0.5, 0.6) is 0 Å². The van der Waals surface area contributed by atoms with Gasteiger partial charge in [0.15, 0.2) is 0 Å². The lowest BCUT2D eigenvalue weighted by molar-refractivity contribution is 0.186. The Kier molecular flexibility index (Phi) is 5.52. The number of hydrogen-bond acceptors (Lipinski definition) is 1. The fraction of sp³-hybridized carbons (Fsp3) is 0.381. The SMILES string of the molecule is CC(CNC(=O)N1CCCCC1)c1ccc(-c2ccccc2)cc1. The quantitative estimate of drug-likeness (QED) is 0.873. The maximum Gasteiger partial charge on any atom is 0.317 e. The first-order chi connectivity index (χ1) is 11.7. The Morgan fingerprint density at radius 1 is 0.958 bits per heavy atom. The number of piperidine rings is 1. The van der Waals surface area contributed by atoms with Crippen LogP contribution < -0.4 is 5.32 Å². The molecule has 0 saturated carbocycles. The van der Waals surface area contributed by atoms with Crippen molar-refractivity contribution in [3.8, 4) is 11.1 Å². The van der Waals surface area contributed by atoms with Gasteiger partial charge in [-0.3, -0.25) is 0 Å². The van der Waals surface area contributed by atoms with Crippen LogP contribution >= 0.6 is 0 Å². The standard InChI is InChI=1S/C21H26N2O/c1-17(16-22-21(24)23-14-6-3-7-15-23)18-10-12-20(13-11-18)19-8-4-2-5-9-19/h2,4-5,8-13,17H,3,6-7,14-16H2,1H3,(H,22,24). The van der Waals surface area contributed by atoms with E-state index in [0.29, 0.717) is 12.5 Å². The molecule has 3 nitrogen and oxygen atoms in total. The lowest BCUT2D eigenvalue weighted by Crippen LogP contribution is -2.43. The van der Waals surface area contributed by atoms with Gasteiger partial charge in [-0.15, -0.1) is 0 Å². The lowest BCUT2D eigenvalue weighted by Gasteiger charge is -2.27. The summed E-state index contributed by atoms with van der Waals surface area (Å²) >= 11 is 0. The number of likely N-dealkylation sites (tertiary alicyclic amines) is 1. The fourth-order valence-electron chi connectivity index (χ4n) is 3.20. The van der Waals surface area contributed by atoms with Crippen molar-refractivity contribution < 1.29 is 4.79 Å². The van der Waals surface area contributed by atoms with Gasteiger partial charge in [-0.05, 0) is 41.9 Å². The van der Waals surface area contributed by atoms with E-state index in [0.717, 1.165) is 25.9 Å². The topological polar surface area (TPSA) is 32.3 Å². The van der Waals surface area contributed by atoms with Crippen molar-refractivity contribution in [2.45, 2.75) is 32.1 Å². The third kappa shape index (κ3) is 4.16. The minimum Gasteiger partial charge on any atom is -0.337 e. The highest BCUT2D eigenvalue weighted by Crippen LogP contribution is 2.22. The Morgan fingerprint density at radius 2 is 1.58 bits per heavy atom. The molecule has 2 amide bonds. The van der Waals surface area contributed by atoms with E-state index in [1.165, 1.54) is 23.1 Å². The predicted molar refractivity (Wildman–Crippen MR) is 99.1 cm³/mol. The Labute approximate surface area is 144 Å². The van der Waals surface area contributed by atoms with Gasteiger partial charge < -0.3 is 10.2 Å². The second-order valence-electron chi connectivity index (χ2n) is 6.62. The van der Waals surface area contributed by atoms with Gasteiger partial charge in [-0.2, -0.15) is 0 Å². The van der Waals surface area contributed by atoms with E-state index in [4.69, 9.17) is 0 Å². The number of rotatable bonds is 4. The monoisotopic (exact) mass is 322 g/mol. The molecular weight excluding hydrogens is 296 g/mol. The number of carbonyl (C=O) groups is 1. The molecule has 0 aromatic heterocycles. The van der Waals surface area contributed by atoms with Crippen LogP contribution in [0.3, 0.4) is 0 Å². The van der Waals surface area contributed by atoms with Gasteiger partial charge in [0.2, 0.25) is 0 Å². The summed E-state index contributed by atoms with van der Waals surface area (Å²) in [5, 5.41) is 3.08. The van der Waals surface area contributed by atoms with Crippen LogP contribution in [-0.2, 0) is 0 Å². The molecule has 1 aliphatic rings. The molecular formula is C21H26N2O. The van der Waals surface area contributed by atoms with Crippen molar-refractivity contribution in [1.82, 2.24) is 10.2 Å². The molecule has 126 valence electrons. The summed E-state index contributed by atoms with van der Waals surface area (Å²) < 4.78 is 0. The molecule has 24 heavy (non-hydrogen) atoms. The van der Waals surface area contributed by atoms with E-state index in [1.807, 2.05) is 11.0 Å². The fourth-order valence-corrected chi connectivity index (χ4v) is 3.20. The molecule has 3 heteroatoms. The summed E-state index contributed by atoms with van der Waals surface area (Å²) in [6, 6.07) is 19.1. The van der Waals surface area contributed by atoms with Crippen molar-refractivity contribution in [3.63, 3.8) is 0 Å². The van der Waals surface area contributed by atoms with Crippen LogP contribution in [0, 0.1) is 0 Å². The van der Waals surface area contributed by atoms with E-state index < -0.39 is 0 Å². The molecule has 2 aromatic carbocycles. The van der Waals surface area contributed by atoms with Crippen LogP contribution in [0.4, 0.5) is 4.79 Å². The number of amides is 2. The van der Waals surface area contributed by atoms with Crippen LogP contribution in [0.15, 0.2) is 54.6 Å². The molecule has 1 N–H and O–H groups in total. The first-order valence-electron chi connectivity index (χ1n) is 8.92. The highest BCUT2D eigenvalue weighted by Gasteiger charge is 2.16. The van der Waals surface area contributed by atoms with Gasteiger partial charge in [0.05, 0.1) is 0 Å². The third-order valence-corrected chi connectivity index (χ3v) is 4.79. The minimum atomic E-state index is 0.0856. The van der Waals surface area contributed by atoms with E-state index >= 15 is 0 Å². The summed E-state index contributed by atoms with van der Waals surface area (Å²) in [6.45, 7) is 4.63. The van der Waals surface area contributed by atoms with E-state index in [-0.39, 0.29) is 6.03 Å². The lowest BCUT2D eigenvalue weighted by atomic mass is 9.97. The highest BCUT2D eigenvalue weighted by atomic mass is 16.2. The Bertz CT molecular complexity index is 645. The van der Waals surface area contributed by atoms with Gasteiger partial charge in [-0.1, -0.05) is 61.5 Å². The number of nitrogens with zero attached hydrogens (tertiary/aromatic N) is 1. The van der Waals surface area contributed by atoms with Gasteiger partial charge in [0.1, 0.15) is 0 Å². The number of carbonyl (C=O) groups excluding carboxylic acids is 1. The van der Waals surface area contributed by atoms with E-state index in [1.54, 1.807) is 0 Å². The molecule has 0 aliphatic carbocycles. The van der Waals surface area contributed by atoms with Gasteiger partial charge in [0, 0.05) is 19.6 Å². The molecule has 1 atom stereocenters. The summed E-state index contributed by atoms with van der Waals surface area (Å²) in [4.78, 5) is 14.1. The van der Waals surface area contributed by atoms with Gasteiger partial charge in [-0.25, -0.2) is 4.79 Å². The largest absolute Gasteiger partial charge is 0.337 e. The molecule has 1 aliphatic heterocycles. The summed E-state index contributed by atoms with van der Waals surface area (Å²) in [7, 11) is 0. The van der Waals surface area contributed by atoms with E-state index in [2.05, 4.69) is 60.8 Å². The van der Waals surface area contributed by atoms with Crippen LogP contribution in [0.25, 0.3) is 11.1 Å². The van der Waals surface area contributed by atoms with Gasteiger partial charge >= 0.3 is 6.03 Å². The molecule has 2 aromatic rings. The van der Waals surface area contributed by atoms with E-state index in [9.17, 15) is 4.79 Å². The zero-order valence-corrected chi connectivity index (χ0v) is 14.4. The normalized spacial score (nSPS) is 15.8. The van der Waals surface area contributed by atoms with Crippen molar-refractivity contribution in [2.75, 3.05) is 19.6 Å². The van der Waals surface area contributed by atoms with Crippen molar-refractivity contribution in [2.24, 2.45) is 0 Å². The average Bonchev–Trinajstić information content (AvgIpc) is 2.67. The predicted octanol–water partition coefficient (Wildman–Crippen LogP) is 4.65. The molecule has 0 radical (unpaired) electrons. The number of urea groups is 1. The molecule has 1 saturated heterocycles. The zero-order valence-electron chi connectivity index (χ0n) is 14.4. The molecule has 0 spiro atoms. The highest BCUT2D eigenvalue weighted by molar-refractivity contribution is 5.74. The first kappa shape index (κ1) is 16.6. The average molecular weight is 322 g/mol. The molecule has 0 bridgehead atoms. The zero-order chi connectivity index (χ0) is 16.8. The third-order valence-electron chi connectivity index (χ3n) is 4.79. The van der Waals surface area contributed by atoms with Crippen molar-refractivity contribution in [3.05, 3.63) is 60.2 Å². The number of hydrogen-bond donors (Lipinski definition) is 1. The summed E-state index contributed by atoms with van der Waals surface area (Å²) in [5.74, 6) is 0.309. The second-order valence-corrected chi connectivity index (χ2v) is 6.62. The summed E-state index contributed by atoms with van der Waals surface area (Å²) in [5.41, 5.74) is 3.72. The molecule has 1 heterocycles. The second kappa shape index (κ2) is 8.00. The molecule has 1 fully saturated rings. The molecule has 1 unspecified atom stereocenters. The Balaban J connectivity index is 1.55. The van der Waals surface area contributed by atoms with Gasteiger partial charge in [0.25, 0.3) is 0 Å². The Morgan fingerprint density at radius 3 is 2.25 bits per heavy atom. The number of benzene rings is 2.